The van der Waals surface area contributed by atoms with Gasteiger partial charge < -0.3 is 10.6 Å². The van der Waals surface area contributed by atoms with E-state index in [2.05, 4.69) is 35.8 Å². The Balaban J connectivity index is 1.57. The first-order valence-corrected chi connectivity index (χ1v) is 7.91. The van der Waals surface area contributed by atoms with Crippen LogP contribution >= 0.6 is 0 Å². The highest BCUT2D eigenvalue weighted by molar-refractivity contribution is 5.76. The van der Waals surface area contributed by atoms with Gasteiger partial charge in [0.25, 0.3) is 0 Å². The number of halogens is 1. The predicted molar refractivity (Wildman–Crippen MR) is 90.6 cm³/mol. The number of nitrogens with one attached hydrogen (secondary N) is 2. The van der Waals surface area contributed by atoms with Gasteiger partial charge in [0.1, 0.15) is 5.82 Å². The molecule has 0 radical (unpaired) electrons. The molecule has 0 unspecified atom stereocenters. The van der Waals surface area contributed by atoms with Gasteiger partial charge in [0.2, 0.25) is 5.91 Å². The highest BCUT2D eigenvalue weighted by Crippen LogP contribution is 2.04. The van der Waals surface area contributed by atoms with E-state index < -0.39 is 0 Å². The van der Waals surface area contributed by atoms with E-state index in [4.69, 9.17) is 0 Å². The van der Waals surface area contributed by atoms with Crippen molar-refractivity contribution < 1.29 is 9.18 Å². The quantitative estimate of drug-likeness (QED) is 0.736. The largest absolute Gasteiger partial charge is 0.356 e. The molecule has 0 saturated heterocycles. The van der Waals surface area contributed by atoms with E-state index in [1.807, 2.05) is 6.07 Å². The smallest absolute Gasteiger partial charge is 0.221 e. The second kappa shape index (κ2) is 9.06. The molecule has 1 amide bonds. The van der Waals surface area contributed by atoms with E-state index in [1.54, 1.807) is 12.1 Å². The topological polar surface area (TPSA) is 41.1 Å². The Morgan fingerprint density at radius 2 is 1.83 bits per heavy atom. The van der Waals surface area contributed by atoms with E-state index >= 15 is 0 Å². The number of carbonyl (C=O) groups is 1. The number of carbonyl (C=O) groups excluding carboxylic acids is 1. The first-order chi connectivity index (χ1) is 11.1. The molecule has 0 aliphatic heterocycles. The van der Waals surface area contributed by atoms with Crippen LogP contribution in [0, 0.1) is 12.7 Å². The van der Waals surface area contributed by atoms with Crippen molar-refractivity contribution in [3.05, 3.63) is 71.0 Å². The minimum atomic E-state index is -0.238. The van der Waals surface area contributed by atoms with Crippen LogP contribution in [0.5, 0.6) is 0 Å². The molecule has 0 aromatic heterocycles. The molecule has 2 aromatic rings. The lowest BCUT2D eigenvalue weighted by atomic mass is 10.1. The van der Waals surface area contributed by atoms with Gasteiger partial charge in [-0.3, -0.25) is 4.79 Å². The predicted octanol–water partition coefficient (Wildman–Crippen LogP) is 2.97. The van der Waals surface area contributed by atoms with Gasteiger partial charge in [0, 0.05) is 26.1 Å². The second-order valence-corrected chi connectivity index (χ2v) is 5.64. The first-order valence-electron chi connectivity index (χ1n) is 7.91. The monoisotopic (exact) mass is 314 g/mol. The third kappa shape index (κ3) is 6.61. The van der Waals surface area contributed by atoms with Gasteiger partial charge in [-0.15, -0.1) is 0 Å². The normalized spacial score (nSPS) is 10.5. The van der Waals surface area contributed by atoms with Crippen LogP contribution < -0.4 is 10.6 Å². The lowest BCUT2D eigenvalue weighted by molar-refractivity contribution is -0.120. The lowest BCUT2D eigenvalue weighted by Gasteiger charge is -2.07. The number of rotatable bonds is 8. The van der Waals surface area contributed by atoms with Crippen LogP contribution in [0.4, 0.5) is 4.39 Å². The Morgan fingerprint density at radius 3 is 2.57 bits per heavy atom. The molecule has 122 valence electrons. The molecular weight excluding hydrogens is 291 g/mol. The molecule has 23 heavy (non-hydrogen) atoms. The Labute approximate surface area is 136 Å². The molecule has 0 saturated carbocycles. The van der Waals surface area contributed by atoms with Gasteiger partial charge in [-0.2, -0.15) is 0 Å². The van der Waals surface area contributed by atoms with Gasteiger partial charge in [0.15, 0.2) is 0 Å². The van der Waals surface area contributed by atoms with E-state index in [-0.39, 0.29) is 11.7 Å². The van der Waals surface area contributed by atoms with E-state index in [9.17, 15) is 9.18 Å². The third-order valence-electron chi connectivity index (χ3n) is 3.59. The van der Waals surface area contributed by atoms with Crippen molar-refractivity contribution in [1.82, 2.24) is 10.6 Å². The summed E-state index contributed by atoms with van der Waals surface area (Å²) in [7, 11) is 0. The summed E-state index contributed by atoms with van der Waals surface area (Å²) in [4.78, 5) is 11.7. The third-order valence-corrected chi connectivity index (χ3v) is 3.59. The fourth-order valence-corrected chi connectivity index (χ4v) is 2.34. The molecule has 0 fully saturated rings. The Kier molecular flexibility index (Phi) is 6.76. The van der Waals surface area contributed by atoms with Crippen LogP contribution in [-0.4, -0.2) is 19.0 Å². The molecule has 2 N–H and O–H groups in total. The average Bonchev–Trinajstić information content (AvgIpc) is 2.54. The molecule has 2 rings (SSSR count). The molecule has 3 nitrogen and oxygen atoms in total. The fraction of sp³-hybridized carbons (Fsp3) is 0.316. The van der Waals surface area contributed by atoms with Crippen molar-refractivity contribution in [3.63, 3.8) is 0 Å². The summed E-state index contributed by atoms with van der Waals surface area (Å²) in [5.41, 5.74) is 3.48. The SMILES string of the molecule is Cc1cccc(CNCCC(=O)NCCc2ccc(F)cc2)c1. The van der Waals surface area contributed by atoms with Crippen molar-refractivity contribution in [2.24, 2.45) is 0 Å². The molecule has 4 heteroatoms. The van der Waals surface area contributed by atoms with Crippen LogP contribution in [0.2, 0.25) is 0 Å². The summed E-state index contributed by atoms with van der Waals surface area (Å²) in [6.45, 7) is 4.06. The van der Waals surface area contributed by atoms with E-state index in [0.717, 1.165) is 12.1 Å². The molecule has 2 aromatic carbocycles. The van der Waals surface area contributed by atoms with Crippen molar-refractivity contribution in [1.29, 1.82) is 0 Å². The summed E-state index contributed by atoms with van der Waals surface area (Å²) < 4.78 is 12.8. The highest BCUT2D eigenvalue weighted by Gasteiger charge is 2.01. The van der Waals surface area contributed by atoms with Crippen LogP contribution in [0.15, 0.2) is 48.5 Å². The number of hydrogen-bond acceptors (Lipinski definition) is 2. The number of aryl methyl sites for hydroxylation is 1. The Bertz CT molecular complexity index is 626. The number of amides is 1. The van der Waals surface area contributed by atoms with Crippen LogP contribution in [0.25, 0.3) is 0 Å². The summed E-state index contributed by atoms with van der Waals surface area (Å²) in [5, 5.41) is 6.15. The van der Waals surface area contributed by atoms with Crippen molar-refractivity contribution in [3.8, 4) is 0 Å². The molecule has 0 aliphatic carbocycles. The summed E-state index contributed by atoms with van der Waals surface area (Å²) in [6, 6.07) is 14.7. The second-order valence-electron chi connectivity index (χ2n) is 5.64. The van der Waals surface area contributed by atoms with Gasteiger partial charge >= 0.3 is 0 Å². The van der Waals surface area contributed by atoms with Crippen molar-refractivity contribution in [2.45, 2.75) is 26.3 Å². The summed E-state index contributed by atoms with van der Waals surface area (Å²) in [6.07, 6.45) is 1.16. The maximum absolute atomic E-state index is 12.8. The maximum Gasteiger partial charge on any atom is 0.221 e. The molecule has 0 atom stereocenters. The average molecular weight is 314 g/mol. The standard InChI is InChI=1S/C19H23FN2O/c1-15-3-2-4-17(13-15)14-21-11-10-19(23)22-12-9-16-5-7-18(20)8-6-16/h2-8,13,21H,9-12,14H2,1H3,(H,22,23). The van der Waals surface area contributed by atoms with Crippen LogP contribution in [0.3, 0.4) is 0 Å². The van der Waals surface area contributed by atoms with Gasteiger partial charge in [-0.25, -0.2) is 4.39 Å². The Morgan fingerprint density at radius 1 is 1.04 bits per heavy atom. The van der Waals surface area contributed by atoms with Gasteiger partial charge in [-0.1, -0.05) is 42.0 Å². The van der Waals surface area contributed by atoms with Crippen molar-refractivity contribution >= 4 is 5.91 Å². The maximum atomic E-state index is 12.8. The zero-order chi connectivity index (χ0) is 16.5. The van der Waals surface area contributed by atoms with Crippen LogP contribution in [0.1, 0.15) is 23.1 Å². The minimum Gasteiger partial charge on any atom is -0.356 e. The van der Waals surface area contributed by atoms with Crippen LogP contribution in [-0.2, 0) is 17.8 Å². The molecule has 0 aliphatic rings. The van der Waals surface area contributed by atoms with E-state index in [1.165, 1.54) is 23.3 Å². The fourth-order valence-electron chi connectivity index (χ4n) is 2.34. The first kappa shape index (κ1) is 17.2. The number of benzene rings is 2. The van der Waals surface area contributed by atoms with E-state index in [0.29, 0.717) is 25.9 Å². The molecule has 0 spiro atoms. The van der Waals surface area contributed by atoms with Gasteiger partial charge in [-0.05, 0) is 36.6 Å². The molecule has 0 bridgehead atoms. The van der Waals surface area contributed by atoms with Gasteiger partial charge in [0.05, 0.1) is 0 Å². The molecular formula is C19H23FN2O. The lowest BCUT2D eigenvalue weighted by Crippen LogP contribution is -2.29. The summed E-state index contributed by atoms with van der Waals surface area (Å²) >= 11 is 0. The number of hydrogen-bond donors (Lipinski definition) is 2. The molecule has 0 heterocycles. The highest BCUT2D eigenvalue weighted by atomic mass is 19.1. The van der Waals surface area contributed by atoms with Crippen molar-refractivity contribution in [2.75, 3.05) is 13.1 Å². The zero-order valence-corrected chi connectivity index (χ0v) is 13.4. The Hall–Kier alpha value is -2.20. The summed E-state index contributed by atoms with van der Waals surface area (Å²) in [5.74, 6) is -0.207. The minimum absolute atomic E-state index is 0.0313. The zero-order valence-electron chi connectivity index (χ0n) is 13.4.